The third-order valence-corrected chi connectivity index (χ3v) is 3.46. The molecule has 0 N–H and O–H groups in total. The summed E-state index contributed by atoms with van der Waals surface area (Å²) in [5.74, 6) is 1.45. The van der Waals surface area contributed by atoms with Crippen LogP contribution in [0.25, 0.3) is 6.08 Å². The fraction of sp³-hybridized carbons (Fsp3) is 0.222. The van der Waals surface area contributed by atoms with Crippen molar-refractivity contribution in [2.24, 2.45) is 0 Å². The van der Waals surface area contributed by atoms with Gasteiger partial charge in [-0.2, -0.15) is 0 Å². The van der Waals surface area contributed by atoms with Crippen molar-refractivity contribution in [1.29, 1.82) is 0 Å². The van der Waals surface area contributed by atoms with Gasteiger partial charge in [0.15, 0.2) is 0 Å². The highest BCUT2D eigenvalue weighted by Gasteiger charge is 1.96. The summed E-state index contributed by atoms with van der Waals surface area (Å²) >= 11 is 5.82. The first-order valence-electron chi connectivity index (χ1n) is 6.70. The minimum Gasteiger partial charge on any atom is -0.490 e. The lowest BCUT2D eigenvalue weighted by Crippen LogP contribution is -1.93. The second-order valence-corrected chi connectivity index (χ2v) is 5.12. The third kappa shape index (κ3) is 4.14. The summed E-state index contributed by atoms with van der Waals surface area (Å²) in [6.07, 6.45) is 4.12. The second-order valence-electron chi connectivity index (χ2n) is 4.85. The first kappa shape index (κ1) is 14.7. The van der Waals surface area contributed by atoms with Gasteiger partial charge in [0, 0.05) is 5.88 Å². The molecule has 0 aliphatic heterocycles. The van der Waals surface area contributed by atoms with Crippen LogP contribution in [0, 0.1) is 13.8 Å². The molecule has 0 aliphatic rings. The van der Waals surface area contributed by atoms with Crippen LogP contribution in [-0.4, -0.2) is 6.61 Å². The van der Waals surface area contributed by atoms with E-state index in [0.29, 0.717) is 12.5 Å². The van der Waals surface area contributed by atoms with E-state index >= 15 is 0 Å². The number of hydrogen-bond acceptors (Lipinski definition) is 1. The minimum atomic E-state index is 0.557. The highest BCUT2D eigenvalue weighted by molar-refractivity contribution is 6.17. The van der Waals surface area contributed by atoms with Gasteiger partial charge in [-0.15, -0.1) is 11.6 Å². The zero-order valence-corrected chi connectivity index (χ0v) is 12.7. The number of halogens is 1. The summed E-state index contributed by atoms with van der Waals surface area (Å²) in [5, 5.41) is 0. The summed E-state index contributed by atoms with van der Waals surface area (Å²) in [7, 11) is 0. The molecule has 2 aromatic rings. The van der Waals surface area contributed by atoms with Crippen LogP contribution in [0.2, 0.25) is 0 Å². The Morgan fingerprint density at radius 2 is 1.80 bits per heavy atom. The van der Waals surface area contributed by atoms with Gasteiger partial charge in [-0.25, -0.2) is 0 Å². The van der Waals surface area contributed by atoms with Crippen molar-refractivity contribution in [2.75, 3.05) is 6.61 Å². The molecule has 0 heterocycles. The molecule has 0 unspecified atom stereocenters. The van der Waals surface area contributed by atoms with Gasteiger partial charge in [-0.05, 0) is 48.7 Å². The summed E-state index contributed by atoms with van der Waals surface area (Å²) < 4.78 is 5.66. The Bertz CT molecular complexity index is 585. The molecular formula is C18H19ClO. The van der Waals surface area contributed by atoms with Crippen LogP contribution < -0.4 is 4.74 Å². The highest BCUT2D eigenvalue weighted by Crippen LogP contribution is 2.15. The molecule has 0 saturated carbocycles. The van der Waals surface area contributed by atoms with E-state index in [1.807, 2.05) is 30.3 Å². The van der Waals surface area contributed by atoms with Crippen molar-refractivity contribution in [1.82, 2.24) is 0 Å². The first-order chi connectivity index (χ1) is 9.69. The van der Waals surface area contributed by atoms with Gasteiger partial charge in [0.1, 0.15) is 12.4 Å². The van der Waals surface area contributed by atoms with Crippen LogP contribution in [0.3, 0.4) is 0 Å². The van der Waals surface area contributed by atoms with E-state index in [9.17, 15) is 0 Å². The molecule has 0 amide bonds. The van der Waals surface area contributed by atoms with Crippen molar-refractivity contribution < 1.29 is 4.74 Å². The lowest BCUT2D eigenvalue weighted by molar-refractivity contribution is 0.363. The number of alkyl halides is 1. The fourth-order valence-corrected chi connectivity index (χ4v) is 2.13. The first-order valence-corrected chi connectivity index (χ1v) is 7.24. The molecule has 0 radical (unpaired) electrons. The van der Waals surface area contributed by atoms with Crippen LogP contribution in [0.15, 0.2) is 48.5 Å². The Hall–Kier alpha value is -1.73. The van der Waals surface area contributed by atoms with Crippen molar-refractivity contribution in [3.63, 3.8) is 0 Å². The highest BCUT2D eigenvalue weighted by atomic mass is 35.5. The lowest BCUT2D eigenvalue weighted by atomic mass is 10.1. The molecule has 0 atom stereocenters. The number of ether oxygens (including phenoxy) is 1. The van der Waals surface area contributed by atoms with Gasteiger partial charge in [0.05, 0.1) is 0 Å². The quantitative estimate of drug-likeness (QED) is 0.692. The predicted molar refractivity (Wildman–Crippen MR) is 86.4 cm³/mol. The molecule has 104 valence electrons. The van der Waals surface area contributed by atoms with Gasteiger partial charge in [-0.3, -0.25) is 0 Å². The van der Waals surface area contributed by atoms with Crippen LogP contribution in [0.5, 0.6) is 5.75 Å². The standard InChI is InChI=1S/C18H19ClO/c1-14-5-9-18(10-6-14)20-11-3-4-17-8-7-16(13-19)12-15(17)2/h3-10,12H,11,13H2,1-2H3. The van der Waals surface area contributed by atoms with E-state index in [1.54, 1.807) is 0 Å². The molecular weight excluding hydrogens is 268 g/mol. The summed E-state index contributed by atoms with van der Waals surface area (Å²) in [6, 6.07) is 14.3. The maximum absolute atomic E-state index is 5.82. The Morgan fingerprint density at radius 3 is 2.45 bits per heavy atom. The van der Waals surface area contributed by atoms with E-state index in [1.165, 1.54) is 16.7 Å². The summed E-state index contributed by atoms with van der Waals surface area (Å²) in [6.45, 7) is 4.73. The number of benzene rings is 2. The van der Waals surface area contributed by atoms with Gasteiger partial charge in [-0.1, -0.05) is 42.0 Å². The Balaban J connectivity index is 1.91. The molecule has 0 aromatic heterocycles. The maximum Gasteiger partial charge on any atom is 0.119 e. The number of aryl methyl sites for hydroxylation is 2. The minimum absolute atomic E-state index is 0.557. The molecule has 1 nitrogen and oxygen atoms in total. The van der Waals surface area contributed by atoms with E-state index in [-0.39, 0.29) is 0 Å². The average molecular weight is 287 g/mol. The van der Waals surface area contributed by atoms with E-state index in [2.05, 4.69) is 38.1 Å². The Labute approximate surface area is 125 Å². The topological polar surface area (TPSA) is 9.23 Å². The molecule has 0 aliphatic carbocycles. The van der Waals surface area contributed by atoms with Crippen molar-refractivity contribution in [3.05, 3.63) is 70.8 Å². The fourth-order valence-electron chi connectivity index (χ4n) is 1.96. The Morgan fingerprint density at radius 1 is 1.05 bits per heavy atom. The van der Waals surface area contributed by atoms with Gasteiger partial charge in [0.2, 0.25) is 0 Å². The van der Waals surface area contributed by atoms with E-state index in [4.69, 9.17) is 16.3 Å². The smallest absolute Gasteiger partial charge is 0.119 e. The molecule has 0 spiro atoms. The van der Waals surface area contributed by atoms with Crippen molar-refractivity contribution >= 4 is 17.7 Å². The molecule has 2 aromatic carbocycles. The third-order valence-electron chi connectivity index (χ3n) is 3.15. The molecule has 2 rings (SSSR count). The van der Waals surface area contributed by atoms with E-state index in [0.717, 1.165) is 11.3 Å². The molecule has 2 heteroatoms. The molecule has 0 fully saturated rings. The van der Waals surface area contributed by atoms with Crippen molar-refractivity contribution in [2.45, 2.75) is 19.7 Å². The summed E-state index contributed by atoms with van der Waals surface area (Å²) in [5.41, 5.74) is 4.82. The lowest BCUT2D eigenvalue weighted by Gasteiger charge is -2.04. The zero-order chi connectivity index (χ0) is 14.4. The van der Waals surface area contributed by atoms with Gasteiger partial charge >= 0.3 is 0 Å². The van der Waals surface area contributed by atoms with Gasteiger partial charge < -0.3 is 4.74 Å². The molecule has 20 heavy (non-hydrogen) atoms. The van der Waals surface area contributed by atoms with Crippen LogP contribution >= 0.6 is 11.6 Å². The van der Waals surface area contributed by atoms with Gasteiger partial charge in [0.25, 0.3) is 0 Å². The zero-order valence-electron chi connectivity index (χ0n) is 11.9. The molecule has 0 saturated heterocycles. The normalized spacial score (nSPS) is 10.9. The second kappa shape index (κ2) is 7.16. The average Bonchev–Trinajstić information content (AvgIpc) is 2.46. The number of hydrogen-bond donors (Lipinski definition) is 0. The molecule has 0 bridgehead atoms. The summed E-state index contributed by atoms with van der Waals surface area (Å²) in [4.78, 5) is 0. The predicted octanol–water partition coefficient (Wildman–Crippen LogP) is 5.13. The van der Waals surface area contributed by atoms with E-state index < -0.39 is 0 Å². The SMILES string of the molecule is Cc1ccc(OCC=Cc2ccc(CCl)cc2C)cc1. The number of rotatable bonds is 5. The Kier molecular flexibility index (Phi) is 5.25. The van der Waals surface area contributed by atoms with Crippen LogP contribution in [-0.2, 0) is 5.88 Å². The monoisotopic (exact) mass is 286 g/mol. The maximum atomic E-state index is 5.82. The largest absolute Gasteiger partial charge is 0.490 e. The van der Waals surface area contributed by atoms with Crippen LogP contribution in [0.4, 0.5) is 0 Å². The van der Waals surface area contributed by atoms with Crippen molar-refractivity contribution in [3.8, 4) is 5.75 Å². The van der Waals surface area contributed by atoms with Crippen LogP contribution in [0.1, 0.15) is 22.3 Å².